The number of hydrogen-bond donors (Lipinski definition) is 2. The number of nitrogen functional groups attached to an aromatic ring is 1. The van der Waals surface area contributed by atoms with Gasteiger partial charge in [0.2, 0.25) is 5.88 Å². The van der Waals surface area contributed by atoms with Crippen LogP contribution in [-0.4, -0.2) is 22.5 Å². The Morgan fingerprint density at radius 1 is 1.21 bits per heavy atom. The van der Waals surface area contributed by atoms with Gasteiger partial charge in [0.1, 0.15) is 11.4 Å². The molecule has 0 saturated carbocycles. The number of hydrogen-bond acceptors (Lipinski definition) is 5. The Balaban J connectivity index is 2.11. The number of aromatic nitrogens is 3. The molecular formula is C13H12N4O2. The van der Waals surface area contributed by atoms with E-state index in [9.17, 15) is 0 Å². The summed E-state index contributed by atoms with van der Waals surface area (Å²) in [7, 11) is 1.62. The number of benzene rings is 1. The van der Waals surface area contributed by atoms with Gasteiger partial charge in [0, 0.05) is 6.20 Å². The van der Waals surface area contributed by atoms with Crippen LogP contribution in [0.15, 0.2) is 41.1 Å². The van der Waals surface area contributed by atoms with Crippen molar-refractivity contribution in [1.82, 2.24) is 15.4 Å². The third-order valence-electron chi connectivity index (χ3n) is 2.85. The molecule has 0 radical (unpaired) electrons. The van der Waals surface area contributed by atoms with E-state index in [4.69, 9.17) is 15.0 Å². The average Bonchev–Trinajstić information content (AvgIpc) is 3.08. The highest BCUT2D eigenvalue weighted by molar-refractivity contribution is 5.85. The van der Waals surface area contributed by atoms with E-state index in [-0.39, 0.29) is 5.88 Å². The first kappa shape index (κ1) is 11.3. The van der Waals surface area contributed by atoms with Crippen molar-refractivity contribution in [3.05, 3.63) is 36.5 Å². The fourth-order valence-electron chi connectivity index (χ4n) is 1.91. The van der Waals surface area contributed by atoms with E-state index in [0.29, 0.717) is 5.69 Å². The minimum Gasteiger partial charge on any atom is -0.497 e. The predicted molar refractivity (Wildman–Crippen MR) is 70.5 cm³/mol. The maximum absolute atomic E-state index is 5.86. The highest BCUT2D eigenvalue weighted by Gasteiger charge is 2.18. The molecule has 0 aliphatic carbocycles. The summed E-state index contributed by atoms with van der Waals surface area (Å²) in [5.41, 5.74) is 8.90. The number of nitrogens with zero attached hydrogens (tertiary/aromatic N) is 2. The summed E-state index contributed by atoms with van der Waals surface area (Å²) in [6.45, 7) is 0. The third-order valence-corrected chi connectivity index (χ3v) is 2.85. The van der Waals surface area contributed by atoms with Gasteiger partial charge >= 0.3 is 0 Å². The number of aromatic amines is 1. The van der Waals surface area contributed by atoms with E-state index >= 15 is 0 Å². The minimum atomic E-state index is 0.273. The van der Waals surface area contributed by atoms with Crippen molar-refractivity contribution in [2.45, 2.75) is 0 Å². The molecule has 0 aliphatic rings. The lowest BCUT2D eigenvalue weighted by Crippen LogP contribution is -1.89. The Hall–Kier alpha value is -2.76. The average molecular weight is 256 g/mol. The van der Waals surface area contributed by atoms with Crippen molar-refractivity contribution in [2.24, 2.45) is 0 Å². The van der Waals surface area contributed by atoms with Gasteiger partial charge in [-0.3, -0.25) is 5.10 Å². The number of anilines is 1. The number of H-pyrrole nitrogens is 1. The second-order valence-corrected chi connectivity index (χ2v) is 3.97. The molecule has 96 valence electrons. The molecule has 19 heavy (non-hydrogen) atoms. The Bertz CT molecular complexity index is 671. The number of methoxy groups -OCH3 is 1. The number of ether oxygens (including phenoxy) is 1. The van der Waals surface area contributed by atoms with Crippen LogP contribution in [0.1, 0.15) is 0 Å². The van der Waals surface area contributed by atoms with Crippen LogP contribution in [0.4, 0.5) is 5.88 Å². The fourth-order valence-corrected chi connectivity index (χ4v) is 1.91. The van der Waals surface area contributed by atoms with E-state index in [1.54, 1.807) is 13.3 Å². The molecule has 2 heterocycles. The van der Waals surface area contributed by atoms with Gasteiger partial charge in [0.25, 0.3) is 0 Å². The van der Waals surface area contributed by atoms with E-state index in [0.717, 1.165) is 22.6 Å². The topological polar surface area (TPSA) is 90.0 Å². The Morgan fingerprint density at radius 3 is 2.63 bits per heavy atom. The summed E-state index contributed by atoms with van der Waals surface area (Å²) in [6.07, 6.45) is 1.65. The molecule has 0 saturated heterocycles. The second kappa shape index (κ2) is 4.49. The first-order chi connectivity index (χ1) is 9.29. The Morgan fingerprint density at radius 2 is 2.00 bits per heavy atom. The van der Waals surface area contributed by atoms with Crippen LogP contribution in [0.25, 0.3) is 22.5 Å². The number of nitrogens with two attached hydrogens (primary N) is 1. The quantitative estimate of drug-likeness (QED) is 0.750. The Kier molecular flexibility index (Phi) is 2.68. The first-order valence-corrected chi connectivity index (χ1v) is 5.69. The maximum atomic E-state index is 5.86. The van der Waals surface area contributed by atoms with Crippen molar-refractivity contribution in [1.29, 1.82) is 0 Å². The summed E-state index contributed by atoms with van der Waals surface area (Å²) < 4.78 is 10.2. The van der Waals surface area contributed by atoms with Crippen LogP contribution in [0.2, 0.25) is 0 Å². The van der Waals surface area contributed by atoms with E-state index in [1.807, 2.05) is 30.3 Å². The van der Waals surface area contributed by atoms with Gasteiger partial charge in [-0.25, -0.2) is 0 Å². The summed E-state index contributed by atoms with van der Waals surface area (Å²) in [4.78, 5) is 0. The number of rotatable bonds is 3. The molecule has 0 bridgehead atoms. The van der Waals surface area contributed by atoms with Gasteiger partial charge in [-0.05, 0) is 23.8 Å². The summed E-state index contributed by atoms with van der Waals surface area (Å²) in [5, 5.41) is 10.7. The van der Waals surface area contributed by atoms with Gasteiger partial charge in [-0.2, -0.15) is 5.10 Å². The zero-order chi connectivity index (χ0) is 13.2. The Labute approximate surface area is 109 Å². The molecule has 0 fully saturated rings. The molecule has 3 N–H and O–H groups in total. The molecule has 0 amide bonds. The fraction of sp³-hybridized carbons (Fsp3) is 0.0769. The van der Waals surface area contributed by atoms with Crippen LogP contribution < -0.4 is 10.5 Å². The van der Waals surface area contributed by atoms with Crippen molar-refractivity contribution >= 4 is 5.88 Å². The summed E-state index contributed by atoms with van der Waals surface area (Å²) >= 11 is 0. The van der Waals surface area contributed by atoms with Gasteiger partial charge in [-0.15, -0.1) is 0 Å². The lowest BCUT2D eigenvalue weighted by atomic mass is 10.0. The molecule has 0 unspecified atom stereocenters. The standard InChI is InChI=1S/C13H12N4O2/c1-18-9-4-2-8(3-5-9)11-12(17-19-13(11)14)10-6-7-15-16-10/h2-7H,14H2,1H3,(H,15,16). The van der Waals surface area contributed by atoms with E-state index in [2.05, 4.69) is 15.4 Å². The minimum absolute atomic E-state index is 0.273. The lowest BCUT2D eigenvalue weighted by Gasteiger charge is -2.03. The van der Waals surface area contributed by atoms with Crippen molar-refractivity contribution in [3.63, 3.8) is 0 Å². The highest BCUT2D eigenvalue weighted by Crippen LogP contribution is 2.35. The lowest BCUT2D eigenvalue weighted by molar-refractivity contribution is 0.415. The zero-order valence-electron chi connectivity index (χ0n) is 10.3. The SMILES string of the molecule is COc1ccc(-c2c(-c3ccn[nH]3)noc2N)cc1. The van der Waals surface area contributed by atoms with Gasteiger partial charge in [-0.1, -0.05) is 17.3 Å². The smallest absolute Gasteiger partial charge is 0.230 e. The zero-order valence-corrected chi connectivity index (χ0v) is 10.3. The second-order valence-electron chi connectivity index (χ2n) is 3.97. The number of nitrogens with one attached hydrogen (secondary N) is 1. The normalized spacial score (nSPS) is 10.6. The first-order valence-electron chi connectivity index (χ1n) is 5.69. The van der Waals surface area contributed by atoms with Crippen LogP contribution >= 0.6 is 0 Å². The van der Waals surface area contributed by atoms with Gasteiger partial charge in [0.05, 0.1) is 18.4 Å². The molecule has 0 aliphatic heterocycles. The molecule has 1 aromatic carbocycles. The van der Waals surface area contributed by atoms with Crippen LogP contribution in [0.5, 0.6) is 5.75 Å². The molecule has 6 nitrogen and oxygen atoms in total. The molecule has 0 atom stereocenters. The molecule has 3 rings (SSSR count). The molecule has 3 aromatic rings. The molecular weight excluding hydrogens is 244 g/mol. The van der Waals surface area contributed by atoms with Crippen molar-refractivity contribution in [2.75, 3.05) is 12.8 Å². The predicted octanol–water partition coefficient (Wildman–Crippen LogP) is 2.32. The monoisotopic (exact) mass is 256 g/mol. The molecule has 2 aromatic heterocycles. The third kappa shape index (κ3) is 1.93. The van der Waals surface area contributed by atoms with Crippen LogP contribution in [-0.2, 0) is 0 Å². The maximum Gasteiger partial charge on any atom is 0.230 e. The van der Waals surface area contributed by atoms with Crippen molar-refractivity contribution < 1.29 is 9.26 Å². The van der Waals surface area contributed by atoms with E-state index in [1.165, 1.54) is 0 Å². The molecule has 0 spiro atoms. The highest BCUT2D eigenvalue weighted by atomic mass is 16.5. The largest absolute Gasteiger partial charge is 0.497 e. The van der Waals surface area contributed by atoms with Gasteiger partial charge in [0.15, 0.2) is 0 Å². The van der Waals surface area contributed by atoms with Crippen molar-refractivity contribution in [3.8, 4) is 28.3 Å². The van der Waals surface area contributed by atoms with Crippen LogP contribution in [0.3, 0.4) is 0 Å². The molecule has 6 heteroatoms. The van der Waals surface area contributed by atoms with Crippen LogP contribution in [0, 0.1) is 0 Å². The van der Waals surface area contributed by atoms with E-state index < -0.39 is 0 Å². The van der Waals surface area contributed by atoms with Gasteiger partial charge < -0.3 is 15.0 Å². The summed E-state index contributed by atoms with van der Waals surface area (Å²) in [6, 6.07) is 9.34. The summed E-state index contributed by atoms with van der Waals surface area (Å²) in [5.74, 6) is 1.05.